The molecule has 1 saturated heterocycles. The molecule has 0 spiro atoms. The maximum absolute atomic E-state index is 11.9. The van der Waals surface area contributed by atoms with Crippen LogP contribution in [0.1, 0.15) is 51.3 Å². The van der Waals surface area contributed by atoms with Gasteiger partial charge in [0.25, 0.3) is 0 Å². The van der Waals surface area contributed by atoms with Crippen LogP contribution in [0.5, 0.6) is 0 Å². The number of aromatic nitrogens is 6. The molecule has 3 aromatic rings. The Balaban J connectivity index is 1.71. The minimum atomic E-state index is -0.670. The molecule has 11 heteroatoms. The maximum Gasteiger partial charge on any atom is 0.217 e. The van der Waals surface area contributed by atoms with Gasteiger partial charge in [-0.25, -0.2) is 9.97 Å². The van der Waals surface area contributed by atoms with Crippen LogP contribution in [-0.4, -0.2) is 54.9 Å². The average Bonchev–Trinajstić information content (AvgIpc) is 3.31. The lowest BCUT2D eigenvalue weighted by Crippen LogP contribution is -2.47. The Bertz CT molecular complexity index is 1120. The van der Waals surface area contributed by atoms with Crippen molar-refractivity contribution in [1.82, 2.24) is 41.0 Å². The third kappa shape index (κ3) is 4.59. The van der Waals surface area contributed by atoms with Crippen LogP contribution in [0, 0.1) is 0 Å². The minimum Gasteiger partial charge on any atom is -0.379 e. The van der Waals surface area contributed by atoms with E-state index in [2.05, 4.69) is 62.1 Å². The lowest BCUT2D eigenvalue weighted by atomic mass is 9.92. The van der Waals surface area contributed by atoms with E-state index < -0.39 is 5.54 Å². The predicted molar refractivity (Wildman–Crippen MR) is 118 cm³/mol. The lowest BCUT2D eigenvalue weighted by Gasteiger charge is -2.28. The summed E-state index contributed by atoms with van der Waals surface area (Å²) in [6, 6.07) is 1.85. The number of hydrogen-bond acceptors (Lipinski definition) is 8. The molecule has 0 aromatic carbocycles. The van der Waals surface area contributed by atoms with Gasteiger partial charge < -0.3 is 16.0 Å². The van der Waals surface area contributed by atoms with Gasteiger partial charge in [-0.15, -0.1) is 5.10 Å². The van der Waals surface area contributed by atoms with Crippen molar-refractivity contribution in [3.05, 3.63) is 34.5 Å². The first-order valence-corrected chi connectivity index (χ1v) is 10.5. The highest BCUT2D eigenvalue weighted by Crippen LogP contribution is 2.31. The van der Waals surface area contributed by atoms with Crippen molar-refractivity contribution in [2.24, 2.45) is 0 Å². The number of rotatable bonds is 5. The normalized spacial score (nSPS) is 19.0. The average molecular weight is 444 g/mol. The molecule has 1 atom stereocenters. The van der Waals surface area contributed by atoms with E-state index in [4.69, 9.17) is 16.6 Å². The number of aromatic amines is 1. The highest BCUT2D eigenvalue weighted by Gasteiger charge is 2.40. The van der Waals surface area contributed by atoms with Gasteiger partial charge in [-0.05, 0) is 39.8 Å². The molecule has 31 heavy (non-hydrogen) atoms. The van der Waals surface area contributed by atoms with Crippen LogP contribution in [-0.2, 0) is 16.8 Å². The smallest absolute Gasteiger partial charge is 0.217 e. The first kappa shape index (κ1) is 21.4. The maximum atomic E-state index is 11.9. The molecule has 10 nitrogen and oxygen atoms in total. The first-order chi connectivity index (χ1) is 14.7. The number of nitrogens with zero attached hydrogens (tertiary/aromatic N) is 5. The van der Waals surface area contributed by atoms with Gasteiger partial charge in [0, 0.05) is 19.0 Å². The van der Waals surface area contributed by atoms with E-state index in [-0.39, 0.29) is 11.4 Å². The zero-order chi connectivity index (χ0) is 22.2. The van der Waals surface area contributed by atoms with E-state index in [1.54, 1.807) is 6.20 Å². The Hall–Kier alpha value is -2.85. The van der Waals surface area contributed by atoms with Crippen LogP contribution >= 0.6 is 11.6 Å². The lowest BCUT2D eigenvalue weighted by molar-refractivity contribution is -0.120. The number of fused-ring (bicyclic) bond motifs is 1. The van der Waals surface area contributed by atoms with E-state index in [9.17, 15) is 4.79 Å². The van der Waals surface area contributed by atoms with Gasteiger partial charge in [0.1, 0.15) is 11.5 Å². The van der Waals surface area contributed by atoms with Crippen molar-refractivity contribution < 1.29 is 4.79 Å². The fraction of sp³-hybridized carbons (Fsp3) is 0.500. The summed E-state index contributed by atoms with van der Waals surface area (Å²) in [5.41, 5.74) is 2.36. The van der Waals surface area contributed by atoms with Crippen molar-refractivity contribution >= 4 is 34.4 Å². The van der Waals surface area contributed by atoms with Gasteiger partial charge in [-0.1, -0.05) is 11.6 Å². The molecule has 0 bridgehead atoms. The Morgan fingerprint density at radius 3 is 2.74 bits per heavy atom. The molecule has 0 radical (unpaired) electrons. The standard InChI is InChI=1S/C20H26ClN9O/c1-11(31)26-20(5-6-22-10-20)17-16-18(29-30-28-16)25-15(24-17)8-14-13(21)7-12(9-23-14)27-19(2,3)4/h7,9,22,27H,5-6,8,10H2,1-4H3,(H,26,31)(H,24,25,28,29,30)/t20-/m0/s1. The summed E-state index contributed by atoms with van der Waals surface area (Å²) in [4.78, 5) is 25.8. The third-order valence-electron chi connectivity index (χ3n) is 5.02. The van der Waals surface area contributed by atoms with Crippen LogP contribution < -0.4 is 16.0 Å². The van der Waals surface area contributed by atoms with Gasteiger partial charge in [0.05, 0.1) is 34.6 Å². The zero-order valence-electron chi connectivity index (χ0n) is 18.0. The number of nitrogens with one attached hydrogen (secondary N) is 4. The molecule has 1 aliphatic rings. The SMILES string of the molecule is CC(=O)N[C@@]1(c2nc(Cc3ncc(NC(C)(C)C)cc3Cl)nc3n[nH]nc23)CCNC1. The van der Waals surface area contributed by atoms with E-state index in [1.165, 1.54) is 6.92 Å². The number of halogens is 1. The van der Waals surface area contributed by atoms with Gasteiger partial charge in [0.2, 0.25) is 11.6 Å². The summed E-state index contributed by atoms with van der Waals surface area (Å²) in [7, 11) is 0. The molecule has 1 fully saturated rings. The molecule has 4 rings (SSSR count). The Labute approximate surface area is 185 Å². The topological polar surface area (TPSA) is 133 Å². The summed E-state index contributed by atoms with van der Waals surface area (Å²) >= 11 is 6.51. The third-order valence-corrected chi connectivity index (χ3v) is 5.34. The molecule has 0 unspecified atom stereocenters. The number of carbonyl (C=O) groups is 1. The summed E-state index contributed by atoms with van der Waals surface area (Å²) in [5.74, 6) is 0.381. The van der Waals surface area contributed by atoms with E-state index >= 15 is 0 Å². The molecule has 1 aliphatic heterocycles. The molecule has 3 aromatic heterocycles. The molecular formula is C20H26ClN9O. The van der Waals surface area contributed by atoms with Gasteiger partial charge in [0.15, 0.2) is 5.52 Å². The highest BCUT2D eigenvalue weighted by atomic mass is 35.5. The van der Waals surface area contributed by atoms with Crippen molar-refractivity contribution in [3.63, 3.8) is 0 Å². The molecule has 0 saturated carbocycles. The molecule has 0 aliphatic carbocycles. The second-order valence-electron chi connectivity index (χ2n) is 8.88. The number of hydrogen-bond donors (Lipinski definition) is 4. The number of pyridine rings is 1. The molecule has 1 amide bonds. The quantitative estimate of drug-likeness (QED) is 0.470. The summed E-state index contributed by atoms with van der Waals surface area (Å²) in [5, 5.41) is 21.3. The van der Waals surface area contributed by atoms with Crippen molar-refractivity contribution in [1.29, 1.82) is 0 Å². The fourth-order valence-corrected chi connectivity index (χ4v) is 4.08. The Kier molecular flexibility index (Phi) is 5.52. The second-order valence-corrected chi connectivity index (χ2v) is 9.29. The van der Waals surface area contributed by atoms with E-state index in [0.29, 0.717) is 52.8 Å². The predicted octanol–water partition coefficient (Wildman–Crippen LogP) is 1.92. The van der Waals surface area contributed by atoms with Gasteiger partial charge >= 0.3 is 0 Å². The van der Waals surface area contributed by atoms with Crippen molar-refractivity contribution in [2.45, 2.75) is 51.6 Å². The molecule has 164 valence electrons. The Morgan fingerprint density at radius 2 is 2.10 bits per heavy atom. The summed E-state index contributed by atoms with van der Waals surface area (Å²) in [6.07, 6.45) is 2.77. The largest absolute Gasteiger partial charge is 0.379 e. The van der Waals surface area contributed by atoms with E-state index in [1.807, 2.05) is 6.07 Å². The van der Waals surface area contributed by atoms with Crippen molar-refractivity contribution in [2.75, 3.05) is 18.4 Å². The zero-order valence-corrected chi connectivity index (χ0v) is 18.8. The highest BCUT2D eigenvalue weighted by molar-refractivity contribution is 6.31. The minimum absolute atomic E-state index is 0.101. The van der Waals surface area contributed by atoms with E-state index in [0.717, 1.165) is 12.2 Å². The van der Waals surface area contributed by atoms with Crippen LogP contribution in [0.15, 0.2) is 12.3 Å². The molecule has 4 heterocycles. The van der Waals surface area contributed by atoms with Gasteiger partial charge in [-0.3, -0.25) is 9.78 Å². The summed E-state index contributed by atoms with van der Waals surface area (Å²) in [6.45, 7) is 9.02. The van der Waals surface area contributed by atoms with Crippen LogP contribution in [0.25, 0.3) is 11.2 Å². The second kappa shape index (κ2) is 8.01. The molecular weight excluding hydrogens is 418 g/mol. The summed E-state index contributed by atoms with van der Waals surface area (Å²) < 4.78 is 0. The first-order valence-electron chi connectivity index (χ1n) is 10.2. The number of H-pyrrole nitrogens is 1. The number of carbonyl (C=O) groups excluding carboxylic acids is 1. The van der Waals surface area contributed by atoms with Gasteiger partial charge in [-0.2, -0.15) is 10.3 Å². The van der Waals surface area contributed by atoms with Crippen molar-refractivity contribution in [3.8, 4) is 0 Å². The molecule has 4 N–H and O–H groups in total. The Morgan fingerprint density at radius 1 is 1.29 bits per heavy atom. The number of amides is 1. The van der Waals surface area contributed by atoms with Crippen LogP contribution in [0.4, 0.5) is 5.69 Å². The van der Waals surface area contributed by atoms with Crippen LogP contribution in [0.2, 0.25) is 5.02 Å². The number of anilines is 1. The fourth-order valence-electron chi connectivity index (χ4n) is 3.85. The monoisotopic (exact) mass is 443 g/mol. The van der Waals surface area contributed by atoms with Crippen LogP contribution in [0.3, 0.4) is 0 Å².